The van der Waals surface area contributed by atoms with Gasteiger partial charge in [0.25, 0.3) is 0 Å². The van der Waals surface area contributed by atoms with Gasteiger partial charge < -0.3 is 10.5 Å². The summed E-state index contributed by atoms with van der Waals surface area (Å²) in [6, 6.07) is 0.764. The van der Waals surface area contributed by atoms with Gasteiger partial charge in [-0.15, -0.1) is 0 Å². The van der Waals surface area contributed by atoms with Crippen LogP contribution in [0.3, 0.4) is 0 Å². The lowest BCUT2D eigenvalue weighted by molar-refractivity contribution is -0.0481. The molecule has 0 aromatic carbocycles. The quantitative estimate of drug-likeness (QED) is 0.731. The first kappa shape index (κ1) is 17.2. The summed E-state index contributed by atoms with van der Waals surface area (Å²) in [6.07, 6.45) is 9.88. The Labute approximate surface area is 131 Å². The summed E-state index contributed by atoms with van der Waals surface area (Å²) >= 11 is 0. The third kappa shape index (κ3) is 5.85. The average molecular weight is 297 g/mol. The zero-order valence-electron chi connectivity index (χ0n) is 13.9. The third-order valence-electron chi connectivity index (χ3n) is 5.10. The van der Waals surface area contributed by atoms with Crippen LogP contribution in [0, 0.1) is 0 Å². The minimum atomic E-state index is 0.389. The zero-order chi connectivity index (χ0) is 14.9. The predicted molar refractivity (Wildman–Crippen MR) is 88.6 cm³/mol. The SMILES string of the molecule is CCN1CCOC(CN(CCCN)C2CCCCCC2)C1. The maximum atomic E-state index is 6.03. The van der Waals surface area contributed by atoms with Gasteiger partial charge >= 0.3 is 0 Å². The van der Waals surface area contributed by atoms with Crippen LogP contribution in [0.1, 0.15) is 51.9 Å². The number of nitrogens with zero attached hydrogens (tertiary/aromatic N) is 2. The Bertz CT molecular complexity index is 267. The van der Waals surface area contributed by atoms with Crippen LogP contribution in [0.5, 0.6) is 0 Å². The Balaban J connectivity index is 1.88. The van der Waals surface area contributed by atoms with Gasteiger partial charge in [-0.25, -0.2) is 0 Å². The average Bonchev–Trinajstić information content (AvgIpc) is 2.81. The first-order valence-electron chi connectivity index (χ1n) is 9.11. The van der Waals surface area contributed by atoms with Gasteiger partial charge in [0.05, 0.1) is 12.7 Å². The lowest BCUT2D eigenvalue weighted by atomic mass is 10.1. The molecule has 2 aliphatic rings. The van der Waals surface area contributed by atoms with E-state index >= 15 is 0 Å². The van der Waals surface area contributed by atoms with Crippen molar-refractivity contribution < 1.29 is 4.74 Å². The number of nitrogens with two attached hydrogens (primary N) is 1. The highest BCUT2D eigenvalue weighted by Crippen LogP contribution is 2.23. The monoisotopic (exact) mass is 297 g/mol. The van der Waals surface area contributed by atoms with Crippen molar-refractivity contribution in [3.05, 3.63) is 0 Å². The largest absolute Gasteiger partial charge is 0.374 e. The fraction of sp³-hybridized carbons (Fsp3) is 1.00. The summed E-state index contributed by atoms with van der Waals surface area (Å²) in [7, 11) is 0. The number of rotatable bonds is 7. The van der Waals surface area contributed by atoms with Crippen LogP contribution in [-0.4, -0.2) is 67.8 Å². The maximum Gasteiger partial charge on any atom is 0.0829 e. The fourth-order valence-corrected chi connectivity index (χ4v) is 3.78. The molecule has 21 heavy (non-hydrogen) atoms. The van der Waals surface area contributed by atoms with Gasteiger partial charge in [-0.2, -0.15) is 0 Å². The predicted octanol–water partition coefficient (Wildman–Crippen LogP) is 2.08. The second-order valence-electron chi connectivity index (χ2n) is 6.67. The second-order valence-corrected chi connectivity index (χ2v) is 6.67. The van der Waals surface area contributed by atoms with E-state index in [1.807, 2.05) is 0 Å². The van der Waals surface area contributed by atoms with Crippen LogP contribution >= 0.6 is 0 Å². The number of hydrogen-bond donors (Lipinski definition) is 1. The van der Waals surface area contributed by atoms with Crippen LogP contribution in [0.2, 0.25) is 0 Å². The molecule has 0 aromatic rings. The van der Waals surface area contributed by atoms with E-state index in [2.05, 4.69) is 16.7 Å². The summed E-state index contributed by atoms with van der Waals surface area (Å²) in [5, 5.41) is 0. The third-order valence-corrected chi connectivity index (χ3v) is 5.10. The molecule has 1 aliphatic carbocycles. The molecule has 1 unspecified atom stereocenters. The molecule has 1 saturated heterocycles. The topological polar surface area (TPSA) is 41.7 Å². The molecule has 1 heterocycles. The molecule has 0 bridgehead atoms. The van der Waals surface area contributed by atoms with Crippen molar-refractivity contribution in [1.82, 2.24) is 9.80 Å². The standard InChI is InChI=1S/C17H35N3O/c1-2-19-12-13-21-17(14-19)15-20(11-7-10-18)16-8-5-3-4-6-9-16/h16-17H,2-15,18H2,1H3. The molecule has 1 saturated carbocycles. The summed E-state index contributed by atoms with van der Waals surface area (Å²) in [6.45, 7) is 9.53. The Hall–Kier alpha value is -0.160. The minimum absolute atomic E-state index is 0.389. The van der Waals surface area contributed by atoms with Crippen LogP contribution in [0.15, 0.2) is 0 Å². The fourth-order valence-electron chi connectivity index (χ4n) is 3.78. The molecule has 1 aliphatic heterocycles. The minimum Gasteiger partial charge on any atom is -0.374 e. The molecule has 2 fully saturated rings. The van der Waals surface area contributed by atoms with Crippen molar-refractivity contribution in [3.8, 4) is 0 Å². The van der Waals surface area contributed by atoms with E-state index in [-0.39, 0.29) is 0 Å². The van der Waals surface area contributed by atoms with E-state index in [4.69, 9.17) is 10.5 Å². The van der Waals surface area contributed by atoms with E-state index in [9.17, 15) is 0 Å². The second kappa shape index (κ2) is 9.78. The Kier molecular flexibility index (Phi) is 8.01. The first-order chi connectivity index (χ1) is 10.3. The molecule has 0 spiro atoms. The zero-order valence-corrected chi connectivity index (χ0v) is 13.9. The molecule has 4 heteroatoms. The summed E-state index contributed by atoms with van der Waals surface area (Å²) in [5.41, 5.74) is 5.75. The molecule has 0 aromatic heterocycles. The van der Waals surface area contributed by atoms with Crippen LogP contribution in [-0.2, 0) is 4.74 Å². The van der Waals surface area contributed by atoms with Crippen molar-refractivity contribution in [1.29, 1.82) is 0 Å². The van der Waals surface area contributed by atoms with Gasteiger partial charge in [0, 0.05) is 25.7 Å². The Morgan fingerprint density at radius 3 is 2.62 bits per heavy atom. The van der Waals surface area contributed by atoms with E-state index in [1.54, 1.807) is 0 Å². The van der Waals surface area contributed by atoms with E-state index in [0.29, 0.717) is 6.10 Å². The molecular weight excluding hydrogens is 262 g/mol. The van der Waals surface area contributed by atoms with Crippen molar-refractivity contribution in [2.24, 2.45) is 5.73 Å². The Morgan fingerprint density at radius 1 is 1.19 bits per heavy atom. The van der Waals surface area contributed by atoms with Gasteiger partial charge in [0.1, 0.15) is 0 Å². The molecule has 0 amide bonds. The lowest BCUT2D eigenvalue weighted by Gasteiger charge is -2.38. The number of hydrogen-bond acceptors (Lipinski definition) is 4. The molecule has 1 atom stereocenters. The normalized spacial score (nSPS) is 26.1. The van der Waals surface area contributed by atoms with Gasteiger partial charge in [0.2, 0.25) is 0 Å². The van der Waals surface area contributed by atoms with Crippen molar-refractivity contribution in [2.45, 2.75) is 64.0 Å². The van der Waals surface area contributed by atoms with Crippen LogP contribution < -0.4 is 5.73 Å². The van der Waals surface area contributed by atoms with Gasteiger partial charge in [-0.3, -0.25) is 9.80 Å². The van der Waals surface area contributed by atoms with Crippen molar-refractivity contribution in [2.75, 3.05) is 45.9 Å². The van der Waals surface area contributed by atoms with Crippen molar-refractivity contribution >= 4 is 0 Å². The molecule has 124 valence electrons. The summed E-state index contributed by atoms with van der Waals surface area (Å²) in [4.78, 5) is 5.21. The van der Waals surface area contributed by atoms with E-state index in [1.165, 1.54) is 38.5 Å². The molecule has 4 nitrogen and oxygen atoms in total. The van der Waals surface area contributed by atoms with Crippen LogP contribution in [0.25, 0.3) is 0 Å². The maximum absolute atomic E-state index is 6.03. The number of ether oxygens (including phenoxy) is 1. The molecular formula is C17H35N3O. The highest BCUT2D eigenvalue weighted by atomic mass is 16.5. The molecule has 2 rings (SSSR count). The number of morpholine rings is 1. The van der Waals surface area contributed by atoms with Gasteiger partial charge in [-0.05, 0) is 38.9 Å². The van der Waals surface area contributed by atoms with Crippen molar-refractivity contribution in [3.63, 3.8) is 0 Å². The highest BCUT2D eigenvalue weighted by Gasteiger charge is 2.26. The van der Waals surface area contributed by atoms with Gasteiger partial charge in [0.15, 0.2) is 0 Å². The van der Waals surface area contributed by atoms with Gasteiger partial charge in [-0.1, -0.05) is 32.6 Å². The summed E-state index contributed by atoms with van der Waals surface area (Å²) in [5.74, 6) is 0. The highest BCUT2D eigenvalue weighted by molar-refractivity contribution is 4.80. The lowest BCUT2D eigenvalue weighted by Crippen LogP contribution is -2.50. The number of likely N-dealkylation sites (N-methyl/N-ethyl adjacent to an activating group) is 1. The molecule has 0 radical (unpaired) electrons. The first-order valence-corrected chi connectivity index (χ1v) is 9.11. The Morgan fingerprint density at radius 2 is 1.95 bits per heavy atom. The van der Waals surface area contributed by atoms with E-state index in [0.717, 1.165) is 58.3 Å². The molecule has 2 N–H and O–H groups in total. The van der Waals surface area contributed by atoms with Crippen LogP contribution in [0.4, 0.5) is 0 Å². The summed E-state index contributed by atoms with van der Waals surface area (Å²) < 4.78 is 6.03. The van der Waals surface area contributed by atoms with E-state index < -0.39 is 0 Å². The smallest absolute Gasteiger partial charge is 0.0829 e.